The van der Waals surface area contributed by atoms with E-state index in [4.69, 9.17) is 4.74 Å². The van der Waals surface area contributed by atoms with Crippen molar-refractivity contribution in [3.05, 3.63) is 32.8 Å². The molecule has 0 bridgehead atoms. The zero-order valence-corrected chi connectivity index (χ0v) is 13.1. The lowest BCUT2D eigenvalue weighted by atomic mass is 10.2. The van der Waals surface area contributed by atoms with Crippen LogP contribution in [0.1, 0.15) is 13.8 Å². The number of nitrogens with one attached hydrogen (secondary N) is 1. The first-order valence-corrected chi connectivity index (χ1v) is 7.15. The van der Waals surface area contributed by atoms with Crippen LogP contribution in [0.2, 0.25) is 0 Å². The van der Waals surface area contributed by atoms with E-state index in [-0.39, 0.29) is 16.8 Å². The van der Waals surface area contributed by atoms with Crippen molar-refractivity contribution in [2.24, 2.45) is 5.92 Å². The van der Waals surface area contributed by atoms with E-state index in [1.807, 2.05) is 0 Å². The van der Waals surface area contributed by atoms with E-state index in [1.165, 1.54) is 6.07 Å². The maximum atomic E-state index is 10.8. The molecule has 0 aliphatic rings. The number of rotatable bonds is 8. The van der Waals surface area contributed by atoms with Crippen molar-refractivity contribution in [2.75, 3.05) is 19.7 Å². The van der Waals surface area contributed by atoms with Gasteiger partial charge in [-0.2, -0.15) is 0 Å². The van der Waals surface area contributed by atoms with E-state index in [9.17, 15) is 15.2 Å². The molecule has 0 saturated carbocycles. The summed E-state index contributed by atoms with van der Waals surface area (Å²) >= 11 is 3.14. The van der Waals surface area contributed by atoms with Crippen LogP contribution in [0.25, 0.3) is 0 Å². The summed E-state index contributed by atoms with van der Waals surface area (Å²) in [5, 5.41) is 23.6. The van der Waals surface area contributed by atoms with Gasteiger partial charge in [-0.15, -0.1) is 0 Å². The predicted octanol–water partition coefficient (Wildman–Crippen LogP) is 2.34. The summed E-state index contributed by atoms with van der Waals surface area (Å²) in [7, 11) is 0. The molecule has 0 spiro atoms. The number of aliphatic hydroxyl groups is 1. The average Bonchev–Trinajstić information content (AvgIpc) is 2.36. The summed E-state index contributed by atoms with van der Waals surface area (Å²) in [5.74, 6) is 0.858. The Kier molecular flexibility index (Phi) is 6.90. The van der Waals surface area contributed by atoms with Crippen LogP contribution in [0.15, 0.2) is 22.7 Å². The minimum Gasteiger partial charge on any atom is -0.489 e. The standard InChI is InChI=1S/C13H19BrN2O4/c1-9(2)6-15-7-10(17)8-20-12-5-3-4-11(13(12)14)16(18)19/h3-5,9-10,15,17H,6-8H2,1-2H3. The van der Waals surface area contributed by atoms with Gasteiger partial charge in [-0.25, -0.2) is 0 Å². The van der Waals surface area contributed by atoms with E-state index < -0.39 is 11.0 Å². The second-order valence-corrected chi connectivity index (χ2v) is 5.66. The van der Waals surface area contributed by atoms with E-state index in [1.54, 1.807) is 12.1 Å². The zero-order chi connectivity index (χ0) is 15.1. The first-order chi connectivity index (χ1) is 9.41. The number of nitrogens with zero attached hydrogens (tertiary/aromatic N) is 1. The van der Waals surface area contributed by atoms with Crippen molar-refractivity contribution in [2.45, 2.75) is 20.0 Å². The largest absolute Gasteiger partial charge is 0.489 e. The minimum atomic E-state index is -0.667. The Morgan fingerprint density at radius 2 is 2.15 bits per heavy atom. The lowest BCUT2D eigenvalue weighted by Gasteiger charge is -2.15. The predicted molar refractivity (Wildman–Crippen MR) is 80.0 cm³/mol. The van der Waals surface area contributed by atoms with Gasteiger partial charge in [0.1, 0.15) is 22.9 Å². The molecule has 0 amide bonds. The van der Waals surface area contributed by atoms with Gasteiger partial charge in [0, 0.05) is 12.6 Å². The molecule has 0 saturated heterocycles. The maximum Gasteiger partial charge on any atom is 0.287 e. The molecule has 1 aromatic rings. The third kappa shape index (κ3) is 5.44. The lowest BCUT2D eigenvalue weighted by molar-refractivity contribution is -0.385. The third-order valence-electron chi connectivity index (χ3n) is 2.50. The van der Waals surface area contributed by atoms with E-state index in [0.29, 0.717) is 18.2 Å². The first kappa shape index (κ1) is 16.9. The van der Waals surface area contributed by atoms with Gasteiger partial charge in [0.25, 0.3) is 5.69 Å². The topological polar surface area (TPSA) is 84.6 Å². The van der Waals surface area contributed by atoms with Gasteiger partial charge < -0.3 is 15.2 Å². The Labute approximate surface area is 126 Å². The molecular weight excluding hydrogens is 328 g/mol. The molecule has 1 rings (SSSR count). The number of halogens is 1. The van der Waals surface area contributed by atoms with Crippen molar-refractivity contribution in [1.82, 2.24) is 5.32 Å². The van der Waals surface area contributed by atoms with Gasteiger partial charge in [0.15, 0.2) is 0 Å². The third-order valence-corrected chi connectivity index (χ3v) is 3.30. The summed E-state index contributed by atoms with van der Waals surface area (Å²) in [6, 6.07) is 4.55. The number of ether oxygens (including phenoxy) is 1. The molecule has 20 heavy (non-hydrogen) atoms. The monoisotopic (exact) mass is 346 g/mol. The fourth-order valence-electron chi connectivity index (χ4n) is 1.54. The van der Waals surface area contributed by atoms with Crippen molar-refractivity contribution < 1.29 is 14.8 Å². The number of aliphatic hydroxyl groups excluding tert-OH is 1. The SMILES string of the molecule is CC(C)CNCC(O)COc1cccc([N+](=O)[O-])c1Br. The molecule has 2 N–H and O–H groups in total. The molecular formula is C13H19BrN2O4. The normalized spacial score (nSPS) is 12.4. The first-order valence-electron chi connectivity index (χ1n) is 6.36. The Bertz CT molecular complexity index is 454. The Balaban J connectivity index is 2.49. The van der Waals surface area contributed by atoms with Crippen molar-refractivity contribution in [1.29, 1.82) is 0 Å². The number of hydrogen-bond donors (Lipinski definition) is 2. The number of nitro groups is 1. The summed E-state index contributed by atoms with van der Waals surface area (Å²) in [5.41, 5.74) is -0.0603. The van der Waals surface area contributed by atoms with Gasteiger partial charge in [0.2, 0.25) is 0 Å². The molecule has 6 nitrogen and oxygen atoms in total. The second-order valence-electron chi connectivity index (χ2n) is 4.86. The Morgan fingerprint density at radius 3 is 2.75 bits per heavy atom. The second kappa shape index (κ2) is 8.18. The van der Waals surface area contributed by atoms with Gasteiger partial charge in [-0.3, -0.25) is 10.1 Å². The van der Waals surface area contributed by atoms with Crippen molar-refractivity contribution in [3.8, 4) is 5.75 Å². The highest BCUT2D eigenvalue weighted by molar-refractivity contribution is 9.10. The van der Waals surface area contributed by atoms with Crippen LogP contribution in [-0.4, -0.2) is 35.8 Å². The van der Waals surface area contributed by atoms with Gasteiger partial charge in [0.05, 0.1) is 4.92 Å². The van der Waals surface area contributed by atoms with Crippen LogP contribution < -0.4 is 10.1 Å². The molecule has 7 heteroatoms. The maximum absolute atomic E-state index is 10.8. The Morgan fingerprint density at radius 1 is 1.45 bits per heavy atom. The average molecular weight is 347 g/mol. The highest BCUT2D eigenvalue weighted by atomic mass is 79.9. The summed E-state index contributed by atoms with van der Waals surface area (Å²) in [6.07, 6.45) is -0.667. The molecule has 0 radical (unpaired) electrons. The molecule has 1 aromatic carbocycles. The summed E-state index contributed by atoms with van der Waals surface area (Å²) in [6.45, 7) is 5.47. The van der Waals surface area contributed by atoms with E-state index >= 15 is 0 Å². The van der Waals surface area contributed by atoms with Crippen LogP contribution >= 0.6 is 15.9 Å². The van der Waals surface area contributed by atoms with Crippen molar-refractivity contribution >= 4 is 21.6 Å². The van der Waals surface area contributed by atoms with Gasteiger partial charge >= 0.3 is 0 Å². The molecule has 0 aromatic heterocycles. The molecule has 0 heterocycles. The van der Waals surface area contributed by atoms with Crippen LogP contribution in [-0.2, 0) is 0 Å². The number of benzene rings is 1. The highest BCUT2D eigenvalue weighted by Gasteiger charge is 2.16. The van der Waals surface area contributed by atoms with Crippen LogP contribution in [0.4, 0.5) is 5.69 Å². The van der Waals surface area contributed by atoms with Crippen LogP contribution in [0, 0.1) is 16.0 Å². The summed E-state index contributed by atoms with van der Waals surface area (Å²) < 4.78 is 5.69. The fraction of sp³-hybridized carbons (Fsp3) is 0.538. The van der Waals surface area contributed by atoms with E-state index in [0.717, 1.165) is 6.54 Å². The number of hydrogen-bond acceptors (Lipinski definition) is 5. The number of nitro benzene ring substituents is 1. The van der Waals surface area contributed by atoms with Crippen LogP contribution in [0.5, 0.6) is 5.75 Å². The lowest BCUT2D eigenvalue weighted by Crippen LogP contribution is -2.33. The fourth-order valence-corrected chi connectivity index (χ4v) is 2.06. The zero-order valence-electron chi connectivity index (χ0n) is 11.5. The molecule has 1 atom stereocenters. The minimum absolute atomic E-state index is 0.0603. The molecule has 0 fully saturated rings. The smallest absolute Gasteiger partial charge is 0.287 e. The highest BCUT2D eigenvalue weighted by Crippen LogP contribution is 2.33. The molecule has 0 aliphatic heterocycles. The van der Waals surface area contributed by atoms with Crippen molar-refractivity contribution in [3.63, 3.8) is 0 Å². The van der Waals surface area contributed by atoms with Crippen LogP contribution in [0.3, 0.4) is 0 Å². The van der Waals surface area contributed by atoms with Gasteiger partial charge in [-0.05, 0) is 34.5 Å². The summed E-state index contributed by atoms with van der Waals surface area (Å²) in [4.78, 5) is 10.3. The van der Waals surface area contributed by atoms with Gasteiger partial charge in [-0.1, -0.05) is 19.9 Å². The molecule has 0 aliphatic carbocycles. The molecule has 112 valence electrons. The van der Waals surface area contributed by atoms with E-state index in [2.05, 4.69) is 35.1 Å². The molecule has 1 unspecified atom stereocenters. The quantitative estimate of drug-likeness (QED) is 0.557. The Hall–Kier alpha value is -1.18.